The van der Waals surface area contributed by atoms with Crippen LogP contribution in [0.2, 0.25) is 5.02 Å². The number of hydrogen-bond acceptors (Lipinski definition) is 4. The van der Waals surface area contributed by atoms with Gasteiger partial charge < -0.3 is 15.2 Å². The van der Waals surface area contributed by atoms with Crippen LogP contribution in [0.3, 0.4) is 0 Å². The molecule has 1 aromatic carbocycles. The molecular formula is C11H12BrClFNO3. The lowest BCUT2D eigenvalue weighted by molar-refractivity contribution is -0.158. The zero-order valence-electron chi connectivity index (χ0n) is 9.76. The molecule has 7 heteroatoms. The maximum atomic E-state index is 13.0. The quantitative estimate of drug-likeness (QED) is 0.827. The second-order valence-electron chi connectivity index (χ2n) is 3.86. The van der Waals surface area contributed by atoms with Crippen molar-refractivity contribution in [1.82, 2.24) is 0 Å². The first-order valence-corrected chi connectivity index (χ1v) is 6.14. The molecule has 100 valence electrons. The van der Waals surface area contributed by atoms with Crippen molar-refractivity contribution in [2.24, 2.45) is 0 Å². The molecule has 0 saturated heterocycles. The van der Waals surface area contributed by atoms with Gasteiger partial charge in [0.25, 0.3) is 0 Å². The van der Waals surface area contributed by atoms with Crippen LogP contribution in [-0.4, -0.2) is 30.3 Å². The second kappa shape index (κ2) is 5.86. The summed E-state index contributed by atoms with van der Waals surface area (Å²) < 4.78 is 17.8. The lowest BCUT2D eigenvalue weighted by Gasteiger charge is -2.22. The lowest BCUT2D eigenvalue weighted by Crippen LogP contribution is -2.42. The Balaban J connectivity index is 2.84. The van der Waals surface area contributed by atoms with Crippen LogP contribution in [0.5, 0.6) is 0 Å². The summed E-state index contributed by atoms with van der Waals surface area (Å²) in [6.07, 6.45) is 0. The molecule has 0 aliphatic heterocycles. The van der Waals surface area contributed by atoms with E-state index in [1.54, 1.807) is 0 Å². The van der Waals surface area contributed by atoms with Crippen LogP contribution in [0.1, 0.15) is 6.92 Å². The molecule has 0 fully saturated rings. The zero-order chi connectivity index (χ0) is 13.9. The van der Waals surface area contributed by atoms with E-state index >= 15 is 0 Å². The van der Waals surface area contributed by atoms with Gasteiger partial charge in [-0.15, -0.1) is 0 Å². The summed E-state index contributed by atoms with van der Waals surface area (Å²) in [5.41, 5.74) is -1.31. The molecule has 0 heterocycles. The van der Waals surface area contributed by atoms with Gasteiger partial charge in [-0.3, -0.25) is 0 Å². The largest absolute Gasteiger partial charge is 0.467 e. The first-order valence-electron chi connectivity index (χ1n) is 4.97. The van der Waals surface area contributed by atoms with Crippen LogP contribution in [0.25, 0.3) is 0 Å². The van der Waals surface area contributed by atoms with Gasteiger partial charge in [-0.05, 0) is 35.0 Å². The fourth-order valence-corrected chi connectivity index (χ4v) is 2.22. The highest BCUT2D eigenvalue weighted by molar-refractivity contribution is 9.10. The first kappa shape index (κ1) is 15.2. The third-order valence-corrected chi connectivity index (χ3v) is 3.16. The molecule has 4 nitrogen and oxygen atoms in total. The molecule has 0 aliphatic rings. The number of rotatable bonds is 4. The highest BCUT2D eigenvalue weighted by Crippen LogP contribution is 2.32. The van der Waals surface area contributed by atoms with E-state index in [2.05, 4.69) is 26.0 Å². The molecule has 18 heavy (non-hydrogen) atoms. The highest BCUT2D eigenvalue weighted by Gasteiger charge is 2.31. The molecule has 1 rings (SSSR count). The number of esters is 1. The van der Waals surface area contributed by atoms with Crippen molar-refractivity contribution in [3.05, 3.63) is 27.4 Å². The van der Waals surface area contributed by atoms with Gasteiger partial charge >= 0.3 is 5.97 Å². The summed E-state index contributed by atoms with van der Waals surface area (Å²) in [4.78, 5) is 11.3. The van der Waals surface area contributed by atoms with Gasteiger partial charge in [0, 0.05) is 4.47 Å². The Bertz CT molecular complexity index is 445. The number of carbonyl (C=O) groups is 1. The minimum atomic E-state index is -1.70. The summed E-state index contributed by atoms with van der Waals surface area (Å²) in [5.74, 6) is -1.26. The van der Waals surface area contributed by atoms with Crippen molar-refractivity contribution in [2.75, 3.05) is 19.0 Å². The number of methoxy groups -OCH3 is 1. The SMILES string of the molecule is COC(=O)C(C)(O)CNc1c(Cl)cc(F)cc1Br. The predicted octanol–water partition coefficient (Wildman–Crippen LogP) is 2.58. The molecule has 0 amide bonds. The van der Waals surface area contributed by atoms with E-state index < -0.39 is 17.4 Å². The molecule has 1 atom stereocenters. The Morgan fingerprint density at radius 3 is 2.78 bits per heavy atom. The zero-order valence-corrected chi connectivity index (χ0v) is 12.1. The smallest absolute Gasteiger partial charge is 0.339 e. The summed E-state index contributed by atoms with van der Waals surface area (Å²) in [7, 11) is 1.18. The van der Waals surface area contributed by atoms with Crippen molar-refractivity contribution in [2.45, 2.75) is 12.5 Å². The van der Waals surface area contributed by atoms with Crippen LogP contribution >= 0.6 is 27.5 Å². The van der Waals surface area contributed by atoms with Gasteiger partial charge in [-0.2, -0.15) is 0 Å². The van der Waals surface area contributed by atoms with Crippen molar-refractivity contribution >= 4 is 39.2 Å². The summed E-state index contributed by atoms with van der Waals surface area (Å²) in [6, 6.07) is 2.35. The fraction of sp³-hybridized carbons (Fsp3) is 0.364. The average molecular weight is 341 g/mol. The first-order chi connectivity index (χ1) is 8.27. The van der Waals surface area contributed by atoms with Crippen LogP contribution in [0.15, 0.2) is 16.6 Å². The number of carbonyl (C=O) groups excluding carboxylic acids is 1. The fourth-order valence-electron chi connectivity index (χ4n) is 1.26. The molecular weight excluding hydrogens is 328 g/mol. The monoisotopic (exact) mass is 339 g/mol. The molecule has 1 unspecified atom stereocenters. The molecule has 0 radical (unpaired) electrons. The summed E-state index contributed by atoms with van der Waals surface area (Å²) in [6.45, 7) is 1.18. The highest BCUT2D eigenvalue weighted by atomic mass is 79.9. The van der Waals surface area contributed by atoms with Gasteiger partial charge in [0.05, 0.1) is 24.4 Å². The minimum absolute atomic E-state index is 0.121. The van der Waals surface area contributed by atoms with Crippen molar-refractivity contribution in [3.63, 3.8) is 0 Å². The van der Waals surface area contributed by atoms with Crippen molar-refractivity contribution in [1.29, 1.82) is 0 Å². The molecule has 2 N–H and O–H groups in total. The maximum Gasteiger partial charge on any atom is 0.339 e. The maximum absolute atomic E-state index is 13.0. The Morgan fingerprint density at radius 1 is 1.67 bits per heavy atom. The predicted molar refractivity (Wildman–Crippen MR) is 70.2 cm³/mol. The van der Waals surface area contributed by atoms with Crippen molar-refractivity contribution in [3.8, 4) is 0 Å². The summed E-state index contributed by atoms with van der Waals surface area (Å²) in [5, 5.41) is 12.7. The van der Waals surface area contributed by atoms with E-state index in [1.807, 2.05) is 0 Å². The van der Waals surface area contributed by atoms with E-state index in [0.717, 1.165) is 6.07 Å². The van der Waals surface area contributed by atoms with Gasteiger partial charge in [0.1, 0.15) is 5.82 Å². The number of nitrogens with one attached hydrogen (secondary N) is 1. The molecule has 0 spiro atoms. The molecule has 0 bridgehead atoms. The van der Waals surface area contributed by atoms with E-state index in [9.17, 15) is 14.3 Å². The van der Waals surface area contributed by atoms with Gasteiger partial charge in [-0.25, -0.2) is 9.18 Å². The number of hydrogen-bond donors (Lipinski definition) is 2. The topological polar surface area (TPSA) is 58.6 Å². The number of ether oxygens (including phenoxy) is 1. The Hall–Kier alpha value is -0.850. The van der Waals surface area contributed by atoms with E-state index in [0.29, 0.717) is 10.2 Å². The lowest BCUT2D eigenvalue weighted by atomic mass is 10.1. The minimum Gasteiger partial charge on any atom is -0.467 e. The van der Waals surface area contributed by atoms with Crippen LogP contribution in [0.4, 0.5) is 10.1 Å². The van der Waals surface area contributed by atoms with Gasteiger partial charge in [0.2, 0.25) is 0 Å². The second-order valence-corrected chi connectivity index (χ2v) is 5.12. The molecule has 0 aliphatic carbocycles. The average Bonchev–Trinajstić information content (AvgIpc) is 2.26. The van der Waals surface area contributed by atoms with Gasteiger partial charge in [-0.1, -0.05) is 11.6 Å². The van der Waals surface area contributed by atoms with E-state index in [-0.39, 0.29) is 11.6 Å². The van der Waals surface area contributed by atoms with Gasteiger partial charge in [0.15, 0.2) is 5.60 Å². The number of aliphatic hydroxyl groups is 1. The van der Waals surface area contributed by atoms with Crippen LogP contribution in [0, 0.1) is 5.82 Å². The van der Waals surface area contributed by atoms with E-state index in [4.69, 9.17) is 11.6 Å². The number of halogens is 3. The standard InChI is InChI=1S/C11H12BrClFNO3/c1-11(17,10(16)18-2)5-15-9-7(12)3-6(14)4-8(9)13/h3-4,15,17H,5H2,1-2H3. The molecule has 0 saturated carbocycles. The molecule has 1 aromatic rings. The third-order valence-electron chi connectivity index (χ3n) is 2.24. The number of benzene rings is 1. The van der Waals surface area contributed by atoms with Crippen molar-refractivity contribution < 1.29 is 19.0 Å². The number of anilines is 1. The molecule has 0 aromatic heterocycles. The Labute approximate surface area is 117 Å². The van der Waals surface area contributed by atoms with Crippen LogP contribution < -0.4 is 5.32 Å². The third kappa shape index (κ3) is 3.57. The van der Waals surface area contributed by atoms with E-state index in [1.165, 1.54) is 20.1 Å². The van der Waals surface area contributed by atoms with Crippen LogP contribution in [-0.2, 0) is 9.53 Å². The summed E-state index contributed by atoms with van der Waals surface area (Å²) >= 11 is 8.98. The Morgan fingerprint density at radius 2 is 2.28 bits per heavy atom. The Kier molecular flexibility index (Phi) is 4.95. The normalized spacial score (nSPS) is 13.9.